The Kier molecular flexibility index (Phi) is 10.4. The van der Waals surface area contributed by atoms with Crippen LogP contribution in [-0.2, 0) is 16.1 Å². The van der Waals surface area contributed by atoms with Crippen molar-refractivity contribution < 1.29 is 27.8 Å². The van der Waals surface area contributed by atoms with Gasteiger partial charge in [0.25, 0.3) is 0 Å². The molecule has 10 heteroatoms. The largest absolute Gasteiger partial charge is 0.490 e. The molecule has 0 radical (unpaired) electrons. The number of nitrogens with two attached hydrogens (primary N) is 1. The minimum absolute atomic E-state index is 0. The Morgan fingerprint density at radius 3 is 2.54 bits per heavy atom. The topological polar surface area (TPSA) is 103 Å². The second-order valence-electron chi connectivity index (χ2n) is 4.31. The fourth-order valence-corrected chi connectivity index (χ4v) is 1.70. The van der Waals surface area contributed by atoms with Gasteiger partial charge in [-0.3, -0.25) is 9.59 Å². The molecule has 0 aliphatic heterocycles. The summed E-state index contributed by atoms with van der Waals surface area (Å²) >= 11 is 0. The smallest absolute Gasteiger partial charge is 0.387 e. The summed E-state index contributed by atoms with van der Waals surface area (Å²) in [6.07, 6.45) is 0. The number of halogens is 3. The van der Waals surface area contributed by atoms with Gasteiger partial charge in [0.05, 0.1) is 19.7 Å². The molecule has 0 unspecified atom stereocenters. The molecular formula is C14H20ClF2N3O4. The molecule has 0 atom stereocenters. The Bertz CT molecular complexity index is 547. The maximum Gasteiger partial charge on any atom is 0.387 e. The van der Waals surface area contributed by atoms with E-state index in [9.17, 15) is 18.4 Å². The first-order chi connectivity index (χ1) is 11.0. The molecule has 4 N–H and O–H groups in total. The zero-order valence-electron chi connectivity index (χ0n) is 13.0. The van der Waals surface area contributed by atoms with Crippen LogP contribution >= 0.6 is 12.4 Å². The van der Waals surface area contributed by atoms with E-state index in [2.05, 4.69) is 15.4 Å². The lowest BCUT2D eigenvalue weighted by Gasteiger charge is -2.15. The van der Waals surface area contributed by atoms with Crippen LogP contribution in [0.2, 0.25) is 0 Å². The Morgan fingerprint density at radius 2 is 1.96 bits per heavy atom. The summed E-state index contributed by atoms with van der Waals surface area (Å²) in [5, 5.41) is 4.78. The van der Waals surface area contributed by atoms with Gasteiger partial charge in [-0.1, -0.05) is 12.1 Å². The fourth-order valence-electron chi connectivity index (χ4n) is 1.70. The van der Waals surface area contributed by atoms with E-state index < -0.39 is 18.4 Å². The van der Waals surface area contributed by atoms with Gasteiger partial charge in [0.2, 0.25) is 11.8 Å². The number of rotatable bonds is 9. The number of alkyl halides is 2. The van der Waals surface area contributed by atoms with Crippen molar-refractivity contribution in [3.63, 3.8) is 0 Å². The van der Waals surface area contributed by atoms with E-state index in [-0.39, 0.29) is 50.1 Å². The van der Waals surface area contributed by atoms with Gasteiger partial charge in [-0.2, -0.15) is 8.78 Å². The Hall–Kier alpha value is -2.13. The summed E-state index contributed by atoms with van der Waals surface area (Å²) < 4.78 is 34.8. The van der Waals surface area contributed by atoms with Gasteiger partial charge in [-0.15, -0.1) is 12.4 Å². The van der Waals surface area contributed by atoms with Gasteiger partial charge in [0.1, 0.15) is 0 Å². The van der Waals surface area contributed by atoms with E-state index in [1.54, 1.807) is 13.0 Å². The lowest BCUT2D eigenvalue weighted by Crippen LogP contribution is -2.39. The van der Waals surface area contributed by atoms with Crippen molar-refractivity contribution in [2.75, 3.05) is 19.7 Å². The van der Waals surface area contributed by atoms with Gasteiger partial charge in [-0.25, -0.2) is 0 Å². The first-order valence-electron chi connectivity index (χ1n) is 6.90. The minimum Gasteiger partial charge on any atom is -0.490 e. The third kappa shape index (κ3) is 7.42. The summed E-state index contributed by atoms with van der Waals surface area (Å²) in [5.41, 5.74) is 5.42. The van der Waals surface area contributed by atoms with Crippen LogP contribution in [0.5, 0.6) is 11.5 Å². The van der Waals surface area contributed by atoms with Gasteiger partial charge < -0.3 is 25.8 Å². The standard InChI is InChI=1S/C14H19F2N3O4.ClH/c1-2-22-10-5-3-4-9(13(10)23-14(15)16)7-18-12(21)8-19-11(20)6-17;/h3-5,14H,2,6-8,17H2,1H3,(H,18,21)(H,19,20);1H. The summed E-state index contributed by atoms with van der Waals surface area (Å²) in [5.74, 6) is -0.927. The van der Waals surface area contributed by atoms with E-state index in [1.165, 1.54) is 12.1 Å². The highest BCUT2D eigenvalue weighted by Crippen LogP contribution is 2.32. The van der Waals surface area contributed by atoms with Crippen molar-refractivity contribution in [3.8, 4) is 11.5 Å². The molecule has 0 bridgehead atoms. The van der Waals surface area contributed by atoms with E-state index >= 15 is 0 Å². The van der Waals surface area contributed by atoms with Crippen molar-refractivity contribution in [2.24, 2.45) is 5.73 Å². The molecule has 0 saturated carbocycles. The lowest BCUT2D eigenvalue weighted by molar-refractivity contribution is -0.125. The SMILES string of the molecule is CCOc1cccc(CNC(=O)CNC(=O)CN)c1OC(F)F.Cl. The minimum atomic E-state index is -3.02. The van der Waals surface area contributed by atoms with Crippen LogP contribution in [0.25, 0.3) is 0 Å². The molecule has 136 valence electrons. The third-order valence-corrected chi connectivity index (χ3v) is 2.67. The lowest BCUT2D eigenvalue weighted by atomic mass is 10.2. The van der Waals surface area contributed by atoms with Gasteiger partial charge >= 0.3 is 6.61 Å². The van der Waals surface area contributed by atoms with Gasteiger partial charge in [0.15, 0.2) is 11.5 Å². The zero-order valence-corrected chi connectivity index (χ0v) is 13.8. The Labute approximate surface area is 144 Å². The number of ether oxygens (including phenoxy) is 2. The molecule has 0 aliphatic carbocycles. The van der Waals surface area contributed by atoms with Crippen molar-refractivity contribution in [2.45, 2.75) is 20.1 Å². The number of benzene rings is 1. The van der Waals surface area contributed by atoms with E-state index in [4.69, 9.17) is 10.5 Å². The highest BCUT2D eigenvalue weighted by Gasteiger charge is 2.16. The van der Waals surface area contributed by atoms with Crippen LogP contribution in [0.1, 0.15) is 12.5 Å². The molecule has 7 nitrogen and oxygen atoms in total. The molecule has 2 amide bonds. The van der Waals surface area contributed by atoms with Gasteiger partial charge in [-0.05, 0) is 13.0 Å². The molecule has 0 fully saturated rings. The van der Waals surface area contributed by atoms with E-state index in [0.29, 0.717) is 5.56 Å². The number of amides is 2. The van der Waals surface area contributed by atoms with Crippen LogP contribution in [-0.4, -0.2) is 38.1 Å². The Balaban J connectivity index is 0.00000529. The fraction of sp³-hybridized carbons (Fsp3) is 0.429. The molecule has 1 aromatic carbocycles. The quantitative estimate of drug-likeness (QED) is 0.599. The van der Waals surface area contributed by atoms with Crippen LogP contribution in [0.15, 0.2) is 18.2 Å². The highest BCUT2D eigenvalue weighted by molar-refractivity contribution is 5.85. The normalized spacial score (nSPS) is 9.88. The van der Waals surface area contributed by atoms with Crippen molar-refractivity contribution in [1.29, 1.82) is 0 Å². The molecule has 0 saturated heterocycles. The van der Waals surface area contributed by atoms with Crippen molar-refractivity contribution in [1.82, 2.24) is 10.6 Å². The van der Waals surface area contributed by atoms with Crippen LogP contribution in [0.4, 0.5) is 8.78 Å². The molecule has 0 aliphatic rings. The Morgan fingerprint density at radius 1 is 1.25 bits per heavy atom. The molecule has 1 rings (SSSR count). The molecule has 0 spiro atoms. The number of carbonyl (C=O) groups is 2. The predicted octanol–water partition coefficient (Wildman–Crippen LogP) is 0.800. The van der Waals surface area contributed by atoms with E-state index in [1.807, 2.05) is 0 Å². The second-order valence-corrected chi connectivity index (χ2v) is 4.31. The maximum absolute atomic E-state index is 12.5. The summed E-state index contributed by atoms with van der Waals surface area (Å²) in [6, 6.07) is 4.62. The first kappa shape index (κ1) is 21.9. The number of hydrogen-bond acceptors (Lipinski definition) is 5. The number of para-hydroxylation sites is 1. The molecule has 0 aromatic heterocycles. The molecule has 24 heavy (non-hydrogen) atoms. The second kappa shape index (κ2) is 11.4. The number of hydrogen-bond donors (Lipinski definition) is 3. The third-order valence-electron chi connectivity index (χ3n) is 2.67. The van der Waals surface area contributed by atoms with Crippen LogP contribution < -0.4 is 25.8 Å². The number of nitrogens with one attached hydrogen (secondary N) is 2. The van der Waals surface area contributed by atoms with Crippen molar-refractivity contribution in [3.05, 3.63) is 23.8 Å². The average molecular weight is 368 g/mol. The first-order valence-corrected chi connectivity index (χ1v) is 6.90. The monoisotopic (exact) mass is 367 g/mol. The molecule has 1 aromatic rings. The van der Waals surface area contributed by atoms with Gasteiger partial charge in [0, 0.05) is 12.1 Å². The van der Waals surface area contributed by atoms with E-state index in [0.717, 1.165) is 0 Å². The predicted molar refractivity (Wildman–Crippen MR) is 85.4 cm³/mol. The summed E-state index contributed by atoms with van der Waals surface area (Å²) in [4.78, 5) is 22.5. The van der Waals surface area contributed by atoms with Crippen LogP contribution in [0, 0.1) is 0 Å². The maximum atomic E-state index is 12.5. The van der Waals surface area contributed by atoms with Crippen LogP contribution in [0.3, 0.4) is 0 Å². The number of carbonyl (C=O) groups excluding carboxylic acids is 2. The summed E-state index contributed by atoms with van der Waals surface area (Å²) in [7, 11) is 0. The molecule has 0 heterocycles. The van der Waals surface area contributed by atoms with Crippen molar-refractivity contribution >= 4 is 24.2 Å². The molecular weight excluding hydrogens is 348 g/mol. The zero-order chi connectivity index (χ0) is 17.2. The summed E-state index contributed by atoms with van der Waals surface area (Å²) in [6.45, 7) is -1.57. The average Bonchev–Trinajstić information content (AvgIpc) is 2.52. The highest BCUT2D eigenvalue weighted by atomic mass is 35.5.